The molecule has 1 aromatic heterocycles. The summed E-state index contributed by atoms with van der Waals surface area (Å²) in [5.74, 6) is 0.698. The lowest BCUT2D eigenvalue weighted by molar-refractivity contribution is -0.950. The van der Waals surface area contributed by atoms with Crippen molar-refractivity contribution >= 4 is 31.4 Å². The van der Waals surface area contributed by atoms with Crippen LogP contribution < -0.4 is 20.7 Å². The molecule has 2 aromatic rings. The van der Waals surface area contributed by atoms with Gasteiger partial charge in [-0.05, 0) is 31.9 Å². The van der Waals surface area contributed by atoms with Crippen molar-refractivity contribution in [1.82, 2.24) is 15.0 Å². The highest BCUT2D eigenvalue weighted by atomic mass is 31.2. The molecule has 12 nitrogen and oxygen atoms in total. The molecule has 4 rings (SSSR count). The molecule has 216 valence electrons. The van der Waals surface area contributed by atoms with Crippen LogP contribution in [0.2, 0.25) is 0 Å². The number of aromatic nitrogens is 3. The molecule has 2 aliphatic rings. The van der Waals surface area contributed by atoms with Gasteiger partial charge < -0.3 is 30.5 Å². The van der Waals surface area contributed by atoms with Gasteiger partial charge in [-0.1, -0.05) is 25.7 Å². The number of anilines is 4. The van der Waals surface area contributed by atoms with E-state index in [-0.39, 0.29) is 30.5 Å². The van der Waals surface area contributed by atoms with Gasteiger partial charge in [0, 0.05) is 30.6 Å². The van der Waals surface area contributed by atoms with Crippen LogP contribution in [0.1, 0.15) is 58.3 Å². The second-order valence-corrected chi connectivity index (χ2v) is 11.5. The van der Waals surface area contributed by atoms with E-state index in [0.29, 0.717) is 35.2 Å². The van der Waals surface area contributed by atoms with Crippen molar-refractivity contribution < 1.29 is 32.5 Å². The van der Waals surface area contributed by atoms with Gasteiger partial charge in [0.15, 0.2) is 18.3 Å². The number of benzene rings is 1. The normalized spacial score (nSPS) is 22.3. The fourth-order valence-electron chi connectivity index (χ4n) is 5.53. The number of phosphoric acid groups is 1. The molecule has 2 atom stereocenters. The number of hydrogen-bond acceptors (Lipinski definition) is 9. The molecule has 0 bridgehead atoms. The number of nitrogens with zero attached hydrogens (tertiary/aromatic N) is 4. The van der Waals surface area contributed by atoms with Gasteiger partial charge in [-0.25, -0.2) is 13.5 Å². The zero-order valence-electron chi connectivity index (χ0n) is 22.6. The molecule has 1 aromatic carbocycles. The summed E-state index contributed by atoms with van der Waals surface area (Å²) in [6.45, 7) is 3.86. The fourth-order valence-corrected chi connectivity index (χ4v) is 5.91. The van der Waals surface area contributed by atoms with Crippen molar-refractivity contribution in [2.45, 2.75) is 70.4 Å². The minimum absolute atomic E-state index is 0.0590. The Balaban J connectivity index is 1.53. The molecule has 0 radical (unpaired) electrons. The number of likely N-dealkylation sites (tertiary alicyclic amines) is 1. The Morgan fingerprint density at radius 1 is 1.05 bits per heavy atom. The zero-order chi connectivity index (χ0) is 27.9. The summed E-state index contributed by atoms with van der Waals surface area (Å²) in [6.07, 6.45) is 8.63. The zero-order valence-corrected chi connectivity index (χ0v) is 23.5. The van der Waals surface area contributed by atoms with Crippen LogP contribution in [0.4, 0.5) is 27.9 Å². The molecule has 0 amide bonds. The van der Waals surface area contributed by atoms with Gasteiger partial charge in [-0.2, -0.15) is 15.0 Å². The van der Waals surface area contributed by atoms with Crippen LogP contribution >= 0.6 is 7.82 Å². The van der Waals surface area contributed by atoms with Crippen molar-refractivity contribution in [2.24, 2.45) is 0 Å². The predicted molar refractivity (Wildman–Crippen MR) is 146 cm³/mol. The Morgan fingerprint density at radius 2 is 1.77 bits per heavy atom. The maximum Gasteiger partial charge on any atom is 0.474 e. The Morgan fingerprint density at radius 3 is 2.44 bits per heavy atom. The lowest BCUT2D eigenvalue weighted by Crippen LogP contribution is -2.55. The summed E-state index contributed by atoms with van der Waals surface area (Å²) in [5, 5.41) is 9.85. The van der Waals surface area contributed by atoms with E-state index < -0.39 is 13.6 Å². The Hall–Kier alpha value is -2.57. The van der Waals surface area contributed by atoms with Gasteiger partial charge in [-0.3, -0.25) is 4.48 Å². The second-order valence-electron chi connectivity index (χ2n) is 10.3. The Kier molecular flexibility index (Phi) is 9.95. The molecule has 1 saturated carbocycles. The fraction of sp³-hybridized carbons (Fsp3) is 0.640. The van der Waals surface area contributed by atoms with E-state index in [9.17, 15) is 18.7 Å². The summed E-state index contributed by atoms with van der Waals surface area (Å²) in [6, 6.07) is 4.86. The van der Waals surface area contributed by atoms with Crippen molar-refractivity contribution in [2.75, 3.05) is 49.4 Å². The quantitative estimate of drug-likeness (QED) is 0.141. The monoisotopic (exact) mass is 568 g/mol. The Bertz CT molecular complexity index is 1150. The SMILES string of the molecule is CC[N+]1(COP(=O)(O)O)CCCC1CNc1nc(Nc2ccc(OC)c(F)c2)nc(NC2CCCCCC2)n1. The molecular weight excluding hydrogens is 528 g/mol. The van der Waals surface area contributed by atoms with Crippen molar-refractivity contribution in [3.63, 3.8) is 0 Å². The minimum Gasteiger partial charge on any atom is -0.494 e. The molecular formula is C25H40FN7O5P+. The first-order valence-corrected chi connectivity index (χ1v) is 15.2. The van der Waals surface area contributed by atoms with Crippen LogP contribution in [0.5, 0.6) is 5.75 Å². The van der Waals surface area contributed by atoms with Gasteiger partial charge in [0.2, 0.25) is 17.8 Å². The lowest BCUT2D eigenvalue weighted by Gasteiger charge is -2.38. The number of quaternary nitrogens is 1. The standard InChI is InChI=1S/C25H39FN7O5P/c1-3-33(17-38-39(34,35)36)14-8-11-20(33)16-27-23-30-24(28-18-9-6-4-5-7-10-18)32-25(31-23)29-19-12-13-22(37-2)21(26)15-19/h12-13,15,18,20H,3-11,14,16-17H2,1-2H3,(H4-,27,28,29,30,31,32,34,35,36)/p+1. The smallest absolute Gasteiger partial charge is 0.474 e. The summed E-state index contributed by atoms with van der Waals surface area (Å²) in [5.41, 5.74) is 0.470. The first-order chi connectivity index (χ1) is 18.7. The minimum atomic E-state index is -4.57. The summed E-state index contributed by atoms with van der Waals surface area (Å²) in [7, 11) is -3.16. The highest BCUT2D eigenvalue weighted by Gasteiger charge is 2.42. The van der Waals surface area contributed by atoms with Gasteiger partial charge >= 0.3 is 7.82 Å². The van der Waals surface area contributed by atoms with Crippen LogP contribution in [0.3, 0.4) is 0 Å². The third-order valence-corrected chi connectivity index (χ3v) is 8.21. The van der Waals surface area contributed by atoms with E-state index in [1.807, 2.05) is 6.92 Å². The molecule has 14 heteroatoms. The largest absolute Gasteiger partial charge is 0.494 e. The topological polar surface area (TPSA) is 151 Å². The molecule has 5 N–H and O–H groups in total. The number of phosphoric ester groups is 1. The number of methoxy groups -OCH3 is 1. The van der Waals surface area contributed by atoms with E-state index in [1.165, 1.54) is 32.1 Å². The maximum absolute atomic E-state index is 14.3. The average Bonchev–Trinajstić information content (AvgIpc) is 3.13. The summed E-state index contributed by atoms with van der Waals surface area (Å²) < 4.78 is 36.0. The number of hydrogen-bond donors (Lipinski definition) is 5. The predicted octanol–water partition coefficient (Wildman–Crippen LogP) is 4.38. The number of ether oxygens (including phenoxy) is 1. The van der Waals surface area contributed by atoms with E-state index in [4.69, 9.17) is 9.26 Å². The highest BCUT2D eigenvalue weighted by Crippen LogP contribution is 2.39. The van der Waals surface area contributed by atoms with Crippen LogP contribution in [-0.4, -0.2) is 74.8 Å². The second kappa shape index (κ2) is 13.2. The highest BCUT2D eigenvalue weighted by molar-refractivity contribution is 7.46. The number of likely N-dealkylation sites (N-methyl/N-ethyl adjacent to an activating group) is 1. The van der Waals surface area contributed by atoms with Crippen LogP contribution in [-0.2, 0) is 9.09 Å². The molecule has 2 heterocycles. The molecule has 1 saturated heterocycles. The molecule has 1 aliphatic carbocycles. The third kappa shape index (κ3) is 8.21. The molecule has 2 fully saturated rings. The molecule has 2 unspecified atom stereocenters. The van der Waals surface area contributed by atoms with Crippen LogP contribution in [0, 0.1) is 5.82 Å². The van der Waals surface area contributed by atoms with Crippen molar-refractivity contribution in [3.8, 4) is 5.75 Å². The summed E-state index contributed by atoms with van der Waals surface area (Å²) in [4.78, 5) is 32.2. The van der Waals surface area contributed by atoms with E-state index >= 15 is 0 Å². The molecule has 39 heavy (non-hydrogen) atoms. The van der Waals surface area contributed by atoms with Crippen molar-refractivity contribution in [1.29, 1.82) is 0 Å². The first kappa shape index (κ1) is 29.4. The summed E-state index contributed by atoms with van der Waals surface area (Å²) >= 11 is 0. The van der Waals surface area contributed by atoms with Gasteiger partial charge in [0.1, 0.15) is 6.04 Å². The van der Waals surface area contributed by atoms with E-state index in [0.717, 1.165) is 45.1 Å². The van der Waals surface area contributed by atoms with E-state index in [1.54, 1.807) is 6.07 Å². The number of rotatable bonds is 12. The van der Waals surface area contributed by atoms with Gasteiger partial charge in [0.05, 0.1) is 26.7 Å². The molecule has 1 aliphatic heterocycles. The number of halogens is 1. The first-order valence-electron chi connectivity index (χ1n) is 13.6. The van der Waals surface area contributed by atoms with E-state index in [2.05, 4.69) is 30.9 Å². The maximum atomic E-state index is 14.3. The molecule has 0 spiro atoms. The van der Waals surface area contributed by atoms with Crippen LogP contribution in [0.15, 0.2) is 18.2 Å². The van der Waals surface area contributed by atoms with Gasteiger partial charge in [-0.15, -0.1) is 0 Å². The van der Waals surface area contributed by atoms with Gasteiger partial charge in [0.25, 0.3) is 0 Å². The lowest BCUT2D eigenvalue weighted by atomic mass is 10.1. The van der Waals surface area contributed by atoms with Crippen molar-refractivity contribution in [3.05, 3.63) is 24.0 Å². The average molecular weight is 569 g/mol. The Labute approximate surface area is 228 Å². The number of nitrogens with one attached hydrogen (secondary N) is 3. The third-order valence-electron chi connectivity index (χ3n) is 7.76. The van der Waals surface area contributed by atoms with Crippen LogP contribution in [0.25, 0.3) is 0 Å².